The van der Waals surface area contributed by atoms with Gasteiger partial charge in [-0.25, -0.2) is 0 Å². The van der Waals surface area contributed by atoms with E-state index in [0.29, 0.717) is 6.04 Å². The number of nitrogens with one attached hydrogen (secondary N) is 1. The Hall–Kier alpha value is -0.530. The first kappa shape index (κ1) is 13.5. The van der Waals surface area contributed by atoms with E-state index in [1.54, 1.807) is 0 Å². The van der Waals surface area contributed by atoms with Gasteiger partial charge < -0.3 is 5.32 Å². The molecule has 0 saturated heterocycles. The predicted octanol–water partition coefficient (Wildman–Crippen LogP) is 3.04. The molecule has 2 heteroatoms. The van der Waals surface area contributed by atoms with Crippen molar-refractivity contribution in [2.24, 2.45) is 0 Å². The fourth-order valence-electron chi connectivity index (χ4n) is 1.25. The monoisotopic (exact) mass is 213 g/mol. The summed E-state index contributed by atoms with van der Waals surface area (Å²) in [5, 5.41) is 3.48. The zero-order valence-electron chi connectivity index (χ0n) is 8.99. The molecule has 0 aromatic heterocycles. The van der Waals surface area contributed by atoms with Crippen LogP contribution >= 0.6 is 12.4 Å². The largest absolute Gasteiger partial charge is 0.314 e. The van der Waals surface area contributed by atoms with Crippen LogP contribution in [-0.4, -0.2) is 12.6 Å². The second-order valence-electron chi connectivity index (χ2n) is 3.50. The van der Waals surface area contributed by atoms with Crippen LogP contribution < -0.4 is 5.32 Å². The van der Waals surface area contributed by atoms with E-state index >= 15 is 0 Å². The molecule has 1 aromatic rings. The summed E-state index contributed by atoms with van der Waals surface area (Å²) in [6.07, 6.45) is 2.33. The molecule has 14 heavy (non-hydrogen) atoms. The fourth-order valence-corrected chi connectivity index (χ4v) is 1.25. The Morgan fingerprint density at radius 1 is 1.21 bits per heavy atom. The lowest BCUT2D eigenvalue weighted by molar-refractivity contribution is 0.537. The molecule has 0 amide bonds. The van der Waals surface area contributed by atoms with E-state index in [0.717, 1.165) is 13.0 Å². The highest BCUT2D eigenvalue weighted by Crippen LogP contribution is 1.98. The van der Waals surface area contributed by atoms with Crippen LogP contribution in [0.15, 0.2) is 30.3 Å². The zero-order valence-corrected chi connectivity index (χ0v) is 9.81. The van der Waals surface area contributed by atoms with E-state index in [1.807, 2.05) is 0 Å². The Bertz CT molecular complexity index is 223. The second-order valence-corrected chi connectivity index (χ2v) is 3.50. The van der Waals surface area contributed by atoms with E-state index in [-0.39, 0.29) is 12.4 Å². The molecule has 1 unspecified atom stereocenters. The summed E-state index contributed by atoms with van der Waals surface area (Å²) in [4.78, 5) is 0. The van der Waals surface area contributed by atoms with Crippen LogP contribution in [0.3, 0.4) is 0 Å². The molecular formula is C12H20ClN. The highest BCUT2D eigenvalue weighted by molar-refractivity contribution is 5.85. The molecule has 1 N–H and O–H groups in total. The van der Waals surface area contributed by atoms with Crippen molar-refractivity contribution in [1.29, 1.82) is 0 Å². The Morgan fingerprint density at radius 3 is 2.43 bits per heavy atom. The van der Waals surface area contributed by atoms with Crippen LogP contribution in [-0.2, 0) is 6.42 Å². The van der Waals surface area contributed by atoms with Gasteiger partial charge in [0.2, 0.25) is 0 Å². The van der Waals surface area contributed by atoms with Gasteiger partial charge in [0, 0.05) is 6.04 Å². The van der Waals surface area contributed by atoms with Crippen LogP contribution in [0.25, 0.3) is 0 Å². The number of hydrogen-bond donors (Lipinski definition) is 1. The molecule has 0 spiro atoms. The molecule has 0 bridgehead atoms. The third kappa shape index (κ3) is 5.25. The molecule has 1 rings (SSSR count). The van der Waals surface area contributed by atoms with Gasteiger partial charge in [-0.1, -0.05) is 37.3 Å². The first-order valence-corrected chi connectivity index (χ1v) is 5.10. The molecule has 0 radical (unpaired) electrons. The van der Waals surface area contributed by atoms with Gasteiger partial charge in [0.05, 0.1) is 0 Å². The maximum Gasteiger partial charge on any atom is 0.00362 e. The molecule has 1 atom stereocenters. The van der Waals surface area contributed by atoms with E-state index in [9.17, 15) is 0 Å². The Labute approximate surface area is 93.3 Å². The lowest BCUT2D eigenvalue weighted by atomic mass is 10.1. The van der Waals surface area contributed by atoms with Crippen molar-refractivity contribution < 1.29 is 0 Å². The lowest BCUT2D eigenvalue weighted by Crippen LogP contribution is -2.27. The minimum atomic E-state index is 0. The topological polar surface area (TPSA) is 12.0 Å². The van der Waals surface area contributed by atoms with Crippen molar-refractivity contribution >= 4 is 12.4 Å². The average Bonchev–Trinajstić information content (AvgIpc) is 2.19. The van der Waals surface area contributed by atoms with Crippen LogP contribution in [0.2, 0.25) is 0 Å². The summed E-state index contributed by atoms with van der Waals surface area (Å²) in [5.74, 6) is 0. The summed E-state index contributed by atoms with van der Waals surface area (Å²) in [6.45, 7) is 5.52. The van der Waals surface area contributed by atoms with Gasteiger partial charge in [0.25, 0.3) is 0 Å². The SMILES string of the molecule is CCC(C)NCCc1ccccc1.Cl. The Balaban J connectivity index is 0.00000169. The number of benzene rings is 1. The molecule has 0 saturated carbocycles. The summed E-state index contributed by atoms with van der Waals surface area (Å²) in [5.41, 5.74) is 1.42. The first-order valence-electron chi connectivity index (χ1n) is 5.10. The highest BCUT2D eigenvalue weighted by atomic mass is 35.5. The van der Waals surface area contributed by atoms with Crippen LogP contribution in [0.5, 0.6) is 0 Å². The minimum Gasteiger partial charge on any atom is -0.314 e. The molecule has 0 fully saturated rings. The maximum atomic E-state index is 3.48. The summed E-state index contributed by atoms with van der Waals surface area (Å²) in [7, 11) is 0. The molecular weight excluding hydrogens is 194 g/mol. The molecule has 1 nitrogen and oxygen atoms in total. The van der Waals surface area contributed by atoms with Crippen LogP contribution in [0.1, 0.15) is 25.8 Å². The normalized spacial score (nSPS) is 11.9. The molecule has 0 heterocycles. The van der Waals surface area contributed by atoms with Gasteiger partial charge in [-0.2, -0.15) is 0 Å². The molecule has 80 valence electrons. The molecule has 0 aliphatic heterocycles. The third-order valence-corrected chi connectivity index (χ3v) is 2.36. The van der Waals surface area contributed by atoms with Crippen molar-refractivity contribution in [1.82, 2.24) is 5.32 Å². The van der Waals surface area contributed by atoms with Gasteiger partial charge in [0.1, 0.15) is 0 Å². The quantitative estimate of drug-likeness (QED) is 0.793. The van der Waals surface area contributed by atoms with Crippen LogP contribution in [0, 0.1) is 0 Å². The first-order chi connectivity index (χ1) is 6.33. The second kappa shape index (κ2) is 7.84. The van der Waals surface area contributed by atoms with Gasteiger partial charge in [-0.3, -0.25) is 0 Å². The highest BCUT2D eigenvalue weighted by Gasteiger charge is 1.96. The van der Waals surface area contributed by atoms with Gasteiger partial charge in [-0.05, 0) is 31.9 Å². The van der Waals surface area contributed by atoms with Gasteiger partial charge in [-0.15, -0.1) is 12.4 Å². The van der Waals surface area contributed by atoms with E-state index in [2.05, 4.69) is 49.5 Å². The van der Waals surface area contributed by atoms with Crippen molar-refractivity contribution in [3.63, 3.8) is 0 Å². The van der Waals surface area contributed by atoms with E-state index in [4.69, 9.17) is 0 Å². The van der Waals surface area contributed by atoms with Crippen molar-refractivity contribution in [3.8, 4) is 0 Å². The van der Waals surface area contributed by atoms with Gasteiger partial charge >= 0.3 is 0 Å². The van der Waals surface area contributed by atoms with Gasteiger partial charge in [0.15, 0.2) is 0 Å². The summed E-state index contributed by atoms with van der Waals surface area (Å²) < 4.78 is 0. The molecule has 0 aliphatic rings. The van der Waals surface area contributed by atoms with Crippen LogP contribution in [0.4, 0.5) is 0 Å². The van der Waals surface area contributed by atoms with E-state index in [1.165, 1.54) is 12.0 Å². The fraction of sp³-hybridized carbons (Fsp3) is 0.500. The smallest absolute Gasteiger partial charge is 0.00362 e. The summed E-state index contributed by atoms with van der Waals surface area (Å²) >= 11 is 0. The Kier molecular flexibility index (Phi) is 7.54. The van der Waals surface area contributed by atoms with Crippen molar-refractivity contribution in [2.45, 2.75) is 32.7 Å². The average molecular weight is 214 g/mol. The maximum absolute atomic E-state index is 3.48. The van der Waals surface area contributed by atoms with Crippen molar-refractivity contribution in [2.75, 3.05) is 6.54 Å². The number of hydrogen-bond acceptors (Lipinski definition) is 1. The lowest BCUT2D eigenvalue weighted by Gasteiger charge is -2.10. The van der Waals surface area contributed by atoms with E-state index < -0.39 is 0 Å². The molecule has 1 aromatic carbocycles. The molecule has 0 aliphatic carbocycles. The number of rotatable bonds is 5. The van der Waals surface area contributed by atoms with Crippen molar-refractivity contribution in [3.05, 3.63) is 35.9 Å². The zero-order chi connectivity index (χ0) is 9.52. The number of halogens is 1. The Morgan fingerprint density at radius 2 is 1.86 bits per heavy atom. The predicted molar refractivity (Wildman–Crippen MR) is 65.1 cm³/mol. The minimum absolute atomic E-state index is 0. The third-order valence-electron chi connectivity index (χ3n) is 2.36. The summed E-state index contributed by atoms with van der Waals surface area (Å²) in [6, 6.07) is 11.3. The standard InChI is InChI=1S/C12H19N.ClH/c1-3-11(2)13-10-9-12-7-5-4-6-8-12;/h4-8,11,13H,3,9-10H2,1-2H3;1H.